The molecule has 0 heteroatoms. The molecule has 0 amide bonds. The zero-order valence-electron chi connectivity index (χ0n) is 9.28. The maximum absolute atomic E-state index is 2.29. The molecule has 1 aliphatic rings. The highest BCUT2D eigenvalue weighted by Crippen LogP contribution is 2.28. The first-order valence-electron chi connectivity index (χ1n) is 6.27. The van der Waals surface area contributed by atoms with Crippen LogP contribution < -0.4 is 0 Å². The summed E-state index contributed by atoms with van der Waals surface area (Å²) in [4.78, 5) is 0. The lowest BCUT2D eigenvalue weighted by molar-refractivity contribution is 0.494. The van der Waals surface area contributed by atoms with Crippen LogP contribution in [-0.4, -0.2) is 0 Å². The monoisotopic (exact) mass is 181 g/mol. The summed E-state index contributed by atoms with van der Waals surface area (Å²) < 4.78 is 0. The Morgan fingerprint density at radius 2 is 1.46 bits per heavy atom. The molecule has 0 bridgehead atoms. The van der Waals surface area contributed by atoms with Crippen LogP contribution >= 0.6 is 0 Å². The average Bonchev–Trinajstić information content (AvgIpc) is 2.08. The van der Waals surface area contributed by atoms with Crippen LogP contribution in [0.25, 0.3) is 0 Å². The Labute approximate surface area is 84.1 Å². The Balaban J connectivity index is 2.06. The zero-order chi connectivity index (χ0) is 9.36. The van der Waals surface area contributed by atoms with Crippen molar-refractivity contribution in [2.45, 2.75) is 77.6 Å². The number of rotatable bonds is 4. The smallest absolute Gasteiger partial charge is 0.0241 e. The highest BCUT2D eigenvalue weighted by molar-refractivity contribution is 4.89. The van der Waals surface area contributed by atoms with Gasteiger partial charge in [0.15, 0.2) is 0 Å². The van der Waals surface area contributed by atoms with Gasteiger partial charge in [0.05, 0.1) is 0 Å². The standard InChI is InChI=1S/C13H25/c1-2-3-7-10-13-11-8-5-4-6-9-12-13/h2-12H2,1H3. The van der Waals surface area contributed by atoms with E-state index in [-0.39, 0.29) is 0 Å². The zero-order valence-corrected chi connectivity index (χ0v) is 9.28. The molecule has 0 atom stereocenters. The van der Waals surface area contributed by atoms with E-state index in [2.05, 4.69) is 6.92 Å². The highest BCUT2D eigenvalue weighted by atomic mass is 14.2. The van der Waals surface area contributed by atoms with E-state index in [0.29, 0.717) is 0 Å². The summed E-state index contributed by atoms with van der Waals surface area (Å²) in [5.41, 5.74) is 0. The molecule has 0 unspecified atom stereocenters. The lowest BCUT2D eigenvalue weighted by Gasteiger charge is -2.18. The molecule has 1 radical (unpaired) electrons. The molecule has 0 aliphatic heterocycles. The van der Waals surface area contributed by atoms with E-state index >= 15 is 0 Å². The Morgan fingerprint density at radius 1 is 0.846 bits per heavy atom. The Morgan fingerprint density at radius 3 is 2.08 bits per heavy atom. The maximum atomic E-state index is 2.29. The third-order valence-electron chi connectivity index (χ3n) is 3.19. The van der Waals surface area contributed by atoms with Crippen molar-refractivity contribution in [3.63, 3.8) is 0 Å². The van der Waals surface area contributed by atoms with Crippen LogP contribution in [0.4, 0.5) is 0 Å². The third-order valence-corrected chi connectivity index (χ3v) is 3.19. The van der Waals surface area contributed by atoms with Gasteiger partial charge in [-0.3, -0.25) is 0 Å². The minimum Gasteiger partial charge on any atom is -0.0654 e. The molecule has 0 spiro atoms. The van der Waals surface area contributed by atoms with Gasteiger partial charge in [-0.1, -0.05) is 58.3 Å². The van der Waals surface area contributed by atoms with E-state index in [9.17, 15) is 0 Å². The fourth-order valence-electron chi connectivity index (χ4n) is 2.28. The van der Waals surface area contributed by atoms with Crippen molar-refractivity contribution in [3.05, 3.63) is 5.92 Å². The molecule has 0 N–H and O–H groups in total. The Bertz CT molecular complexity index is 98.6. The second-order valence-electron chi connectivity index (χ2n) is 4.47. The van der Waals surface area contributed by atoms with Gasteiger partial charge in [-0.15, -0.1) is 0 Å². The van der Waals surface area contributed by atoms with Crippen LogP contribution in [0.1, 0.15) is 77.6 Å². The summed E-state index contributed by atoms with van der Waals surface area (Å²) in [6.07, 6.45) is 16.0. The second-order valence-corrected chi connectivity index (χ2v) is 4.47. The SMILES string of the molecule is CCCCC[C]1CCCCCCC1. The van der Waals surface area contributed by atoms with Crippen molar-refractivity contribution in [1.82, 2.24) is 0 Å². The molecule has 1 aliphatic carbocycles. The first kappa shape index (κ1) is 11.1. The van der Waals surface area contributed by atoms with Crippen molar-refractivity contribution in [3.8, 4) is 0 Å². The molecule has 0 nitrogen and oxygen atoms in total. The minimum atomic E-state index is 1.37. The molecular formula is C13H25. The highest BCUT2D eigenvalue weighted by Gasteiger charge is 2.10. The number of unbranched alkanes of at least 4 members (excludes halogenated alkanes) is 2. The van der Waals surface area contributed by atoms with Gasteiger partial charge in [0.2, 0.25) is 0 Å². The second kappa shape index (κ2) is 7.41. The van der Waals surface area contributed by atoms with E-state index in [1.54, 1.807) is 0 Å². The van der Waals surface area contributed by atoms with Crippen molar-refractivity contribution in [2.24, 2.45) is 0 Å². The molecule has 0 aromatic heterocycles. The average molecular weight is 181 g/mol. The molecule has 77 valence electrons. The summed E-state index contributed by atoms with van der Waals surface area (Å²) in [6, 6.07) is 0. The first-order valence-corrected chi connectivity index (χ1v) is 6.27. The van der Waals surface area contributed by atoms with Crippen LogP contribution in [0.15, 0.2) is 0 Å². The van der Waals surface area contributed by atoms with Crippen LogP contribution in [-0.2, 0) is 0 Å². The molecule has 1 rings (SSSR count). The van der Waals surface area contributed by atoms with E-state index in [4.69, 9.17) is 0 Å². The quantitative estimate of drug-likeness (QED) is 0.542. The molecule has 0 heterocycles. The van der Waals surface area contributed by atoms with Gasteiger partial charge in [0, 0.05) is 0 Å². The predicted molar refractivity (Wildman–Crippen MR) is 59.7 cm³/mol. The molecule has 0 aromatic carbocycles. The topological polar surface area (TPSA) is 0 Å². The molecule has 0 saturated heterocycles. The normalized spacial score (nSPS) is 21.0. The van der Waals surface area contributed by atoms with Gasteiger partial charge < -0.3 is 0 Å². The Hall–Kier alpha value is 0. The predicted octanol–water partition coefficient (Wildman–Crippen LogP) is 4.89. The van der Waals surface area contributed by atoms with Crippen LogP contribution in [0, 0.1) is 5.92 Å². The summed E-state index contributed by atoms with van der Waals surface area (Å²) in [5.74, 6) is 1.88. The maximum Gasteiger partial charge on any atom is -0.0241 e. The van der Waals surface area contributed by atoms with Crippen molar-refractivity contribution < 1.29 is 0 Å². The molecule has 13 heavy (non-hydrogen) atoms. The number of hydrogen-bond donors (Lipinski definition) is 0. The van der Waals surface area contributed by atoms with Crippen molar-refractivity contribution in [2.75, 3.05) is 0 Å². The van der Waals surface area contributed by atoms with Crippen LogP contribution in [0.5, 0.6) is 0 Å². The molecular weight excluding hydrogens is 156 g/mol. The van der Waals surface area contributed by atoms with E-state index in [1.165, 1.54) is 70.6 Å². The van der Waals surface area contributed by atoms with Gasteiger partial charge in [0.1, 0.15) is 0 Å². The molecule has 1 fully saturated rings. The van der Waals surface area contributed by atoms with Gasteiger partial charge in [-0.25, -0.2) is 0 Å². The largest absolute Gasteiger partial charge is 0.0654 e. The lowest BCUT2D eigenvalue weighted by atomic mass is 9.87. The summed E-state index contributed by atoms with van der Waals surface area (Å²) in [6.45, 7) is 2.29. The van der Waals surface area contributed by atoms with Crippen molar-refractivity contribution in [1.29, 1.82) is 0 Å². The van der Waals surface area contributed by atoms with Crippen LogP contribution in [0.2, 0.25) is 0 Å². The fourth-order valence-corrected chi connectivity index (χ4v) is 2.28. The van der Waals surface area contributed by atoms with Gasteiger partial charge in [0.25, 0.3) is 0 Å². The summed E-state index contributed by atoms with van der Waals surface area (Å²) in [7, 11) is 0. The van der Waals surface area contributed by atoms with Crippen LogP contribution in [0.3, 0.4) is 0 Å². The molecule has 0 aromatic rings. The van der Waals surface area contributed by atoms with E-state index < -0.39 is 0 Å². The summed E-state index contributed by atoms with van der Waals surface area (Å²) >= 11 is 0. The molecule has 1 saturated carbocycles. The fraction of sp³-hybridized carbons (Fsp3) is 0.923. The summed E-state index contributed by atoms with van der Waals surface area (Å²) in [5, 5.41) is 0. The lowest BCUT2D eigenvalue weighted by Crippen LogP contribution is -2.01. The Kier molecular flexibility index (Phi) is 6.31. The van der Waals surface area contributed by atoms with Gasteiger partial charge in [-0.05, 0) is 25.2 Å². The van der Waals surface area contributed by atoms with E-state index in [0.717, 1.165) is 0 Å². The number of hydrogen-bond acceptors (Lipinski definition) is 0. The van der Waals surface area contributed by atoms with E-state index in [1.807, 2.05) is 5.92 Å². The first-order chi connectivity index (χ1) is 6.43. The van der Waals surface area contributed by atoms with Gasteiger partial charge in [-0.2, -0.15) is 0 Å². The van der Waals surface area contributed by atoms with Gasteiger partial charge >= 0.3 is 0 Å². The minimum absolute atomic E-state index is 1.37. The van der Waals surface area contributed by atoms with Crippen molar-refractivity contribution >= 4 is 0 Å². The third kappa shape index (κ3) is 5.33.